The van der Waals surface area contributed by atoms with E-state index in [-0.39, 0.29) is 12.0 Å². The molecule has 7 heteroatoms. The van der Waals surface area contributed by atoms with E-state index in [1.54, 1.807) is 23.1 Å². The molecule has 0 radical (unpaired) electrons. The highest BCUT2D eigenvalue weighted by atomic mass is 35.5. The molecular formula is C14H14Cl2N2O2S. The summed E-state index contributed by atoms with van der Waals surface area (Å²) in [6.45, 7) is 1.33. The highest BCUT2D eigenvalue weighted by molar-refractivity contribution is 8.15. The number of carbonyl (C=O) groups is 1. The molecule has 1 atom stereocenters. The summed E-state index contributed by atoms with van der Waals surface area (Å²) in [7, 11) is 0. The third-order valence-electron chi connectivity index (χ3n) is 3.39. The normalized spacial score (nSPS) is 24.3. The van der Waals surface area contributed by atoms with Crippen LogP contribution in [0.2, 0.25) is 10.0 Å². The zero-order valence-corrected chi connectivity index (χ0v) is 13.5. The Labute approximate surface area is 137 Å². The molecule has 0 unspecified atom stereocenters. The van der Waals surface area contributed by atoms with Gasteiger partial charge in [0.05, 0.1) is 29.1 Å². The van der Waals surface area contributed by atoms with Gasteiger partial charge in [0.25, 0.3) is 0 Å². The lowest BCUT2D eigenvalue weighted by atomic mass is 10.2. The first kappa shape index (κ1) is 15.2. The SMILES string of the molecule is O=C1CSC(=Nc2cc(Cl)ccc2Cl)N1C[C@@H]1CCCO1. The Morgan fingerprint density at radius 2 is 2.29 bits per heavy atom. The second kappa shape index (κ2) is 6.57. The van der Waals surface area contributed by atoms with Gasteiger partial charge in [-0.15, -0.1) is 0 Å². The number of halogens is 2. The molecule has 2 fully saturated rings. The molecule has 1 aromatic rings. The Morgan fingerprint density at radius 1 is 1.43 bits per heavy atom. The van der Waals surface area contributed by atoms with E-state index >= 15 is 0 Å². The van der Waals surface area contributed by atoms with Crippen LogP contribution < -0.4 is 0 Å². The molecule has 1 aromatic carbocycles. The molecule has 2 aliphatic rings. The van der Waals surface area contributed by atoms with E-state index in [1.165, 1.54) is 11.8 Å². The Morgan fingerprint density at radius 3 is 3.05 bits per heavy atom. The molecule has 21 heavy (non-hydrogen) atoms. The predicted octanol–water partition coefficient (Wildman–Crippen LogP) is 3.74. The summed E-state index contributed by atoms with van der Waals surface area (Å²) in [5, 5.41) is 1.75. The van der Waals surface area contributed by atoms with Gasteiger partial charge < -0.3 is 4.74 Å². The Bertz CT molecular complexity index is 588. The van der Waals surface area contributed by atoms with Crippen LogP contribution in [0.3, 0.4) is 0 Å². The third-order valence-corrected chi connectivity index (χ3v) is 4.91. The van der Waals surface area contributed by atoms with E-state index in [0.29, 0.717) is 33.2 Å². The topological polar surface area (TPSA) is 41.9 Å². The quantitative estimate of drug-likeness (QED) is 0.838. The van der Waals surface area contributed by atoms with Crippen LogP contribution >= 0.6 is 35.0 Å². The van der Waals surface area contributed by atoms with Gasteiger partial charge in [-0.05, 0) is 31.0 Å². The molecule has 2 saturated heterocycles. The summed E-state index contributed by atoms with van der Waals surface area (Å²) in [4.78, 5) is 18.2. The van der Waals surface area contributed by atoms with E-state index < -0.39 is 0 Å². The van der Waals surface area contributed by atoms with E-state index in [9.17, 15) is 4.79 Å². The number of nitrogens with zero attached hydrogens (tertiary/aromatic N) is 2. The average Bonchev–Trinajstić information content (AvgIpc) is 3.08. The molecule has 2 heterocycles. The van der Waals surface area contributed by atoms with Crippen molar-refractivity contribution in [1.82, 2.24) is 4.90 Å². The maximum atomic E-state index is 12.0. The largest absolute Gasteiger partial charge is 0.376 e. The minimum Gasteiger partial charge on any atom is -0.376 e. The van der Waals surface area contributed by atoms with E-state index in [0.717, 1.165) is 19.4 Å². The first-order valence-electron chi connectivity index (χ1n) is 6.72. The number of ether oxygens (including phenoxy) is 1. The highest BCUT2D eigenvalue weighted by Crippen LogP contribution is 2.31. The Kier molecular flexibility index (Phi) is 4.74. The summed E-state index contributed by atoms with van der Waals surface area (Å²) in [6, 6.07) is 5.12. The lowest BCUT2D eigenvalue weighted by Crippen LogP contribution is -2.36. The monoisotopic (exact) mass is 344 g/mol. The first-order valence-corrected chi connectivity index (χ1v) is 8.46. The molecule has 0 saturated carbocycles. The first-order chi connectivity index (χ1) is 10.1. The van der Waals surface area contributed by atoms with Crippen LogP contribution in [0.15, 0.2) is 23.2 Å². The van der Waals surface area contributed by atoms with Gasteiger partial charge in [0.1, 0.15) is 0 Å². The van der Waals surface area contributed by atoms with Crippen molar-refractivity contribution in [2.24, 2.45) is 4.99 Å². The maximum absolute atomic E-state index is 12.0. The fourth-order valence-corrected chi connectivity index (χ4v) is 3.56. The van der Waals surface area contributed by atoms with E-state index in [1.807, 2.05) is 0 Å². The molecule has 0 N–H and O–H groups in total. The van der Waals surface area contributed by atoms with Crippen LogP contribution in [0.1, 0.15) is 12.8 Å². The van der Waals surface area contributed by atoms with Gasteiger partial charge in [-0.25, -0.2) is 4.99 Å². The number of amides is 1. The van der Waals surface area contributed by atoms with E-state index in [2.05, 4.69) is 4.99 Å². The smallest absolute Gasteiger partial charge is 0.239 e. The number of thioether (sulfide) groups is 1. The van der Waals surface area contributed by atoms with Crippen LogP contribution in [0, 0.1) is 0 Å². The number of hydrogen-bond acceptors (Lipinski definition) is 4. The molecule has 0 bridgehead atoms. The summed E-state index contributed by atoms with van der Waals surface area (Å²) < 4.78 is 5.60. The predicted molar refractivity (Wildman–Crippen MR) is 86.7 cm³/mol. The van der Waals surface area contributed by atoms with Crippen LogP contribution in [0.25, 0.3) is 0 Å². The molecule has 0 spiro atoms. The summed E-state index contributed by atoms with van der Waals surface area (Å²) >= 11 is 13.5. The lowest BCUT2D eigenvalue weighted by molar-refractivity contribution is -0.125. The minimum atomic E-state index is 0.0624. The third kappa shape index (κ3) is 3.54. The van der Waals surface area contributed by atoms with Crippen molar-refractivity contribution in [3.8, 4) is 0 Å². The van der Waals surface area contributed by atoms with Crippen LogP contribution in [0.4, 0.5) is 5.69 Å². The molecular weight excluding hydrogens is 331 g/mol. The van der Waals surface area contributed by atoms with Gasteiger partial charge in [-0.1, -0.05) is 35.0 Å². The van der Waals surface area contributed by atoms with E-state index in [4.69, 9.17) is 27.9 Å². The number of benzene rings is 1. The van der Waals surface area contributed by atoms with Crippen molar-refractivity contribution >= 4 is 51.7 Å². The fraction of sp³-hybridized carbons (Fsp3) is 0.429. The second-order valence-corrected chi connectivity index (χ2v) is 6.70. The summed E-state index contributed by atoms with van der Waals surface area (Å²) in [6.07, 6.45) is 2.14. The molecule has 112 valence electrons. The van der Waals surface area contributed by atoms with Gasteiger partial charge in [0, 0.05) is 11.6 Å². The second-order valence-electron chi connectivity index (χ2n) is 4.92. The number of amidine groups is 1. The molecule has 0 aliphatic carbocycles. The van der Waals surface area contributed by atoms with Gasteiger partial charge in [0.15, 0.2) is 5.17 Å². The Balaban J connectivity index is 1.83. The molecule has 0 aromatic heterocycles. The van der Waals surface area contributed by atoms with Gasteiger partial charge in [-0.2, -0.15) is 0 Å². The van der Waals surface area contributed by atoms with Crippen molar-refractivity contribution in [3.63, 3.8) is 0 Å². The van der Waals surface area contributed by atoms with Gasteiger partial charge in [0.2, 0.25) is 5.91 Å². The summed E-state index contributed by atoms with van der Waals surface area (Å²) in [5.74, 6) is 0.469. The van der Waals surface area contributed by atoms with Gasteiger partial charge >= 0.3 is 0 Å². The fourth-order valence-electron chi connectivity index (χ4n) is 2.33. The number of hydrogen-bond donors (Lipinski definition) is 0. The van der Waals surface area contributed by atoms with Crippen molar-refractivity contribution in [2.45, 2.75) is 18.9 Å². The van der Waals surface area contributed by atoms with Crippen LogP contribution in [-0.4, -0.2) is 41.0 Å². The number of aliphatic imine (C=N–C) groups is 1. The van der Waals surface area contributed by atoms with Crippen molar-refractivity contribution in [2.75, 3.05) is 18.9 Å². The molecule has 3 rings (SSSR count). The molecule has 4 nitrogen and oxygen atoms in total. The molecule has 2 aliphatic heterocycles. The summed E-state index contributed by atoms with van der Waals surface area (Å²) in [5.41, 5.74) is 0.582. The zero-order chi connectivity index (χ0) is 14.8. The standard InChI is InChI=1S/C14H14Cl2N2O2S/c15-9-3-4-11(16)12(6-9)17-14-18(13(19)8-21-14)7-10-2-1-5-20-10/h3-4,6,10H,1-2,5,7-8H2/t10-/m0/s1. The van der Waals surface area contributed by atoms with Crippen LogP contribution in [0.5, 0.6) is 0 Å². The average molecular weight is 345 g/mol. The number of rotatable bonds is 3. The maximum Gasteiger partial charge on any atom is 0.239 e. The molecule has 1 amide bonds. The van der Waals surface area contributed by atoms with Gasteiger partial charge in [-0.3, -0.25) is 9.69 Å². The lowest BCUT2D eigenvalue weighted by Gasteiger charge is -2.19. The van der Waals surface area contributed by atoms with Crippen LogP contribution in [-0.2, 0) is 9.53 Å². The van der Waals surface area contributed by atoms with Crippen molar-refractivity contribution in [3.05, 3.63) is 28.2 Å². The Hall–Kier alpha value is -0.750. The number of carbonyl (C=O) groups excluding carboxylic acids is 1. The van der Waals surface area contributed by atoms with Crippen molar-refractivity contribution in [1.29, 1.82) is 0 Å². The minimum absolute atomic E-state index is 0.0624. The zero-order valence-electron chi connectivity index (χ0n) is 11.2. The highest BCUT2D eigenvalue weighted by Gasteiger charge is 2.31. The van der Waals surface area contributed by atoms with Crippen molar-refractivity contribution < 1.29 is 9.53 Å².